The molecule has 1 fully saturated rings. The first-order chi connectivity index (χ1) is 12.0. The first-order valence-corrected chi connectivity index (χ1v) is 10.3. The normalized spacial score (nSPS) is 17.5. The SMILES string of the molecule is Cc1cc(CN2CCCN(S(=O)(=O)CCc3ccccc3)CC2)no1. The molecule has 1 aliphatic heterocycles. The van der Waals surface area contributed by atoms with Crippen LogP contribution in [0.25, 0.3) is 0 Å². The van der Waals surface area contributed by atoms with E-state index in [9.17, 15) is 8.42 Å². The zero-order chi connectivity index (χ0) is 17.7. The van der Waals surface area contributed by atoms with Gasteiger partial charge in [-0.1, -0.05) is 35.5 Å². The molecular formula is C18H25N3O3S. The molecule has 0 bridgehead atoms. The van der Waals surface area contributed by atoms with Crippen LogP contribution in [0.2, 0.25) is 0 Å². The molecule has 136 valence electrons. The van der Waals surface area contributed by atoms with Gasteiger partial charge in [0.1, 0.15) is 5.76 Å². The van der Waals surface area contributed by atoms with Crippen LogP contribution in [0.4, 0.5) is 0 Å². The van der Waals surface area contributed by atoms with Gasteiger partial charge in [-0.25, -0.2) is 12.7 Å². The lowest BCUT2D eigenvalue weighted by Gasteiger charge is -2.21. The predicted molar refractivity (Wildman–Crippen MR) is 96.6 cm³/mol. The number of hydrogen-bond acceptors (Lipinski definition) is 5. The molecule has 2 heterocycles. The van der Waals surface area contributed by atoms with Gasteiger partial charge in [0.05, 0.1) is 11.4 Å². The van der Waals surface area contributed by atoms with Crippen molar-refractivity contribution in [2.24, 2.45) is 0 Å². The van der Waals surface area contributed by atoms with E-state index >= 15 is 0 Å². The Balaban J connectivity index is 1.54. The molecule has 25 heavy (non-hydrogen) atoms. The molecule has 3 rings (SSSR count). The topological polar surface area (TPSA) is 66.7 Å². The van der Waals surface area contributed by atoms with E-state index in [4.69, 9.17) is 4.52 Å². The van der Waals surface area contributed by atoms with Gasteiger partial charge in [-0.15, -0.1) is 0 Å². The summed E-state index contributed by atoms with van der Waals surface area (Å²) < 4.78 is 32.1. The highest BCUT2D eigenvalue weighted by Gasteiger charge is 2.25. The third-order valence-electron chi connectivity index (χ3n) is 4.49. The number of aromatic nitrogens is 1. The molecule has 0 N–H and O–H groups in total. The Morgan fingerprint density at radius 2 is 1.92 bits per heavy atom. The molecular weight excluding hydrogens is 338 g/mol. The standard InChI is InChI=1S/C18H25N3O3S/c1-16-14-18(19-24-16)15-20-9-5-10-21(12-11-20)25(22,23)13-8-17-6-3-2-4-7-17/h2-4,6-7,14H,5,8-13,15H2,1H3. The Hall–Kier alpha value is -1.70. The van der Waals surface area contributed by atoms with Crippen LogP contribution < -0.4 is 0 Å². The maximum Gasteiger partial charge on any atom is 0.214 e. The van der Waals surface area contributed by atoms with Crippen molar-refractivity contribution in [3.8, 4) is 0 Å². The Labute approximate surface area is 149 Å². The Kier molecular flexibility index (Phi) is 5.88. The van der Waals surface area contributed by atoms with Crippen LogP contribution in [0.5, 0.6) is 0 Å². The number of aryl methyl sites for hydroxylation is 2. The third kappa shape index (κ3) is 5.14. The lowest BCUT2D eigenvalue weighted by molar-refractivity contribution is 0.268. The minimum Gasteiger partial charge on any atom is -0.361 e. The van der Waals surface area contributed by atoms with Crippen molar-refractivity contribution >= 4 is 10.0 Å². The molecule has 7 heteroatoms. The fraction of sp³-hybridized carbons (Fsp3) is 0.500. The smallest absolute Gasteiger partial charge is 0.214 e. The van der Waals surface area contributed by atoms with E-state index in [0.717, 1.165) is 36.5 Å². The summed E-state index contributed by atoms with van der Waals surface area (Å²) in [6.07, 6.45) is 1.39. The number of rotatable bonds is 6. The quantitative estimate of drug-likeness (QED) is 0.786. The van der Waals surface area contributed by atoms with Gasteiger partial charge >= 0.3 is 0 Å². The van der Waals surface area contributed by atoms with Gasteiger partial charge in [-0.2, -0.15) is 0 Å². The van der Waals surface area contributed by atoms with E-state index < -0.39 is 10.0 Å². The summed E-state index contributed by atoms with van der Waals surface area (Å²) in [5.74, 6) is 0.967. The molecule has 1 aromatic heterocycles. The number of sulfonamides is 1. The minimum atomic E-state index is -3.22. The first-order valence-electron chi connectivity index (χ1n) is 8.69. The molecule has 1 aromatic carbocycles. The Morgan fingerprint density at radius 3 is 2.64 bits per heavy atom. The number of benzene rings is 1. The van der Waals surface area contributed by atoms with E-state index in [0.29, 0.717) is 26.1 Å². The molecule has 6 nitrogen and oxygen atoms in total. The fourth-order valence-electron chi connectivity index (χ4n) is 3.13. The van der Waals surface area contributed by atoms with Crippen LogP contribution in [0, 0.1) is 6.92 Å². The number of nitrogens with zero attached hydrogens (tertiary/aromatic N) is 3. The van der Waals surface area contributed by atoms with Crippen molar-refractivity contribution < 1.29 is 12.9 Å². The van der Waals surface area contributed by atoms with E-state index in [2.05, 4.69) is 10.1 Å². The Bertz CT molecular complexity index is 774. The summed E-state index contributed by atoms with van der Waals surface area (Å²) in [5, 5.41) is 4.02. The zero-order valence-corrected chi connectivity index (χ0v) is 15.4. The van der Waals surface area contributed by atoms with Crippen LogP contribution in [-0.4, -0.2) is 54.7 Å². The van der Waals surface area contributed by atoms with Crippen LogP contribution in [0.15, 0.2) is 40.9 Å². The van der Waals surface area contributed by atoms with Gasteiger partial charge in [-0.05, 0) is 31.9 Å². The molecule has 0 unspecified atom stereocenters. The molecule has 0 aliphatic carbocycles. The highest BCUT2D eigenvalue weighted by atomic mass is 32.2. The van der Waals surface area contributed by atoms with E-state index in [1.165, 1.54) is 0 Å². The molecule has 0 radical (unpaired) electrons. The Morgan fingerprint density at radius 1 is 1.12 bits per heavy atom. The molecule has 2 aromatic rings. The van der Waals surface area contributed by atoms with E-state index in [1.54, 1.807) is 4.31 Å². The van der Waals surface area contributed by atoms with Crippen molar-refractivity contribution in [1.29, 1.82) is 0 Å². The van der Waals surface area contributed by atoms with Gasteiger partial charge in [0.15, 0.2) is 0 Å². The van der Waals surface area contributed by atoms with Gasteiger partial charge < -0.3 is 4.52 Å². The summed E-state index contributed by atoms with van der Waals surface area (Å²) >= 11 is 0. The predicted octanol–water partition coefficient (Wildman–Crippen LogP) is 2.06. The summed E-state index contributed by atoms with van der Waals surface area (Å²) in [7, 11) is -3.22. The lowest BCUT2D eigenvalue weighted by Crippen LogP contribution is -2.37. The monoisotopic (exact) mass is 363 g/mol. The second-order valence-electron chi connectivity index (χ2n) is 6.51. The molecule has 0 atom stereocenters. The van der Waals surface area contributed by atoms with Crippen LogP contribution in [0.1, 0.15) is 23.4 Å². The van der Waals surface area contributed by atoms with E-state index in [-0.39, 0.29) is 5.75 Å². The number of hydrogen-bond donors (Lipinski definition) is 0. The summed E-state index contributed by atoms with van der Waals surface area (Å²) in [6.45, 7) is 5.29. The van der Waals surface area contributed by atoms with E-state index in [1.807, 2.05) is 43.3 Å². The molecule has 1 aliphatic rings. The summed E-state index contributed by atoms with van der Waals surface area (Å²) in [5.41, 5.74) is 1.96. The minimum absolute atomic E-state index is 0.166. The zero-order valence-electron chi connectivity index (χ0n) is 14.6. The van der Waals surface area contributed by atoms with Gasteiger partial charge in [0.2, 0.25) is 10.0 Å². The average Bonchev–Trinajstić information content (AvgIpc) is 2.86. The van der Waals surface area contributed by atoms with Crippen molar-refractivity contribution in [3.63, 3.8) is 0 Å². The maximum absolute atomic E-state index is 12.7. The fourth-order valence-corrected chi connectivity index (χ4v) is 4.64. The molecule has 0 spiro atoms. The molecule has 0 saturated carbocycles. The van der Waals surface area contributed by atoms with Crippen molar-refractivity contribution in [1.82, 2.24) is 14.4 Å². The first kappa shape index (κ1) is 18.1. The van der Waals surface area contributed by atoms with Crippen molar-refractivity contribution in [3.05, 3.63) is 53.4 Å². The summed E-state index contributed by atoms with van der Waals surface area (Å²) in [4.78, 5) is 2.24. The van der Waals surface area contributed by atoms with Crippen LogP contribution in [0.3, 0.4) is 0 Å². The second-order valence-corrected chi connectivity index (χ2v) is 8.60. The maximum atomic E-state index is 12.7. The van der Waals surface area contributed by atoms with Gasteiger partial charge in [-0.3, -0.25) is 4.90 Å². The lowest BCUT2D eigenvalue weighted by atomic mass is 10.2. The molecule has 0 amide bonds. The largest absolute Gasteiger partial charge is 0.361 e. The average molecular weight is 363 g/mol. The van der Waals surface area contributed by atoms with Gasteiger partial charge in [0.25, 0.3) is 0 Å². The summed E-state index contributed by atoms with van der Waals surface area (Å²) in [6, 6.07) is 11.7. The third-order valence-corrected chi connectivity index (χ3v) is 6.37. The highest BCUT2D eigenvalue weighted by Crippen LogP contribution is 2.13. The highest BCUT2D eigenvalue weighted by molar-refractivity contribution is 7.89. The van der Waals surface area contributed by atoms with Crippen molar-refractivity contribution in [2.75, 3.05) is 31.9 Å². The molecule has 1 saturated heterocycles. The van der Waals surface area contributed by atoms with Crippen LogP contribution >= 0.6 is 0 Å². The van der Waals surface area contributed by atoms with Crippen molar-refractivity contribution in [2.45, 2.75) is 26.3 Å². The van der Waals surface area contributed by atoms with Gasteiger partial charge in [0, 0.05) is 32.2 Å². The van der Waals surface area contributed by atoms with Crippen LogP contribution in [-0.2, 0) is 23.0 Å². The second kappa shape index (κ2) is 8.12.